The predicted octanol–water partition coefficient (Wildman–Crippen LogP) is 2.18. The van der Waals surface area contributed by atoms with Crippen molar-refractivity contribution in [1.29, 1.82) is 0 Å². The average Bonchev–Trinajstić information content (AvgIpc) is 2.44. The van der Waals surface area contributed by atoms with Gasteiger partial charge in [-0.05, 0) is 37.6 Å². The van der Waals surface area contributed by atoms with Crippen LogP contribution in [0.1, 0.15) is 13.3 Å². The first kappa shape index (κ1) is 14.2. The number of rotatable bonds is 6. The normalized spacial score (nSPS) is 20.2. The Kier molecular flexibility index (Phi) is 5.48. The maximum absolute atomic E-state index is 5.71. The van der Waals surface area contributed by atoms with Gasteiger partial charge < -0.3 is 14.2 Å². The number of ether oxygens (including phenoxy) is 3. The highest BCUT2D eigenvalue weighted by Crippen LogP contribution is 2.17. The van der Waals surface area contributed by atoms with Crippen molar-refractivity contribution in [2.24, 2.45) is 0 Å². The van der Waals surface area contributed by atoms with Crippen LogP contribution >= 0.6 is 0 Å². The molecule has 19 heavy (non-hydrogen) atoms. The van der Waals surface area contributed by atoms with Crippen LogP contribution in [0.5, 0.6) is 11.5 Å². The highest BCUT2D eigenvalue weighted by atomic mass is 16.5. The zero-order chi connectivity index (χ0) is 13.5. The van der Waals surface area contributed by atoms with E-state index in [2.05, 4.69) is 11.8 Å². The van der Waals surface area contributed by atoms with Crippen molar-refractivity contribution >= 4 is 0 Å². The summed E-state index contributed by atoms with van der Waals surface area (Å²) in [5, 5.41) is 0. The Morgan fingerprint density at radius 3 is 2.68 bits per heavy atom. The Morgan fingerprint density at radius 1 is 1.26 bits per heavy atom. The second-order valence-corrected chi connectivity index (χ2v) is 4.86. The SMILES string of the molecule is COc1ccc(OCCCN2CCOC(C)C2)cc1. The van der Waals surface area contributed by atoms with Gasteiger partial charge in [0.05, 0.1) is 26.4 Å². The number of nitrogens with zero attached hydrogens (tertiary/aromatic N) is 1. The van der Waals surface area contributed by atoms with Gasteiger partial charge in [-0.15, -0.1) is 0 Å². The molecule has 0 amide bonds. The van der Waals surface area contributed by atoms with Crippen molar-refractivity contribution in [1.82, 2.24) is 4.90 Å². The largest absolute Gasteiger partial charge is 0.497 e. The van der Waals surface area contributed by atoms with E-state index in [1.807, 2.05) is 24.3 Å². The standard InChI is InChI=1S/C15H23NO3/c1-13-12-16(9-11-18-13)8-3-10-19-15-6-4-14(17-2)5-7-15/h4-7,13H,3,8-12H2,1-2H3. The Balaban J connectivity index is 1.63. The molecule has 0 radical (unpaired) electrons. The Morgan fingerprint density at radius 2 is 2.00 bits per heavy atom. The number of methoxy groups -OCH3 is 1. The molecule has 1 aliphatic heterocycles. The van der Waals surface area contributed by atoms with Crippen LogP contribution in [-0.4, -0.2) is 51.0 Å². The molecule has 106 valence electrons. The van der Waals surface area contributed by atoms with Crippen LogP contribution in [0.2, 0.25) is 0 Å². The molecule has 1 aromatic carbocycles. The van der Waals surface area contributed by atoms with E-state index in [4.69, 9.17) is 14.2 Å². The first-order valence-electron chi connectivity index (χ1n) is 6.89. The molecular weight excluding hydrogens is 242 g/mol. The van der Waals surface area contributed by atoms with Crippen LogP contribution in [0.4, 0.5) is 0 Å². The summed E-state index contributed by atoms with van der Waals surface area (Å²) in [4.78, 5) is 2.44. The van der Waals surface area contributed by atoms with Crippen LogP contribution in [0.25, 0.3) is 0 Å². The monoisotopic (exact) mass is 265 g/mol. The Bertz CT molecular complexity index is 366. The lowest BCUT2D eigenvalue weighted by molar-refractivity contribution is -0.0193. The molecule has 0 bridgehead atoms. The van der Waals surface area contributed by atoms with Crippen molar-refractivity contribution in [3.63, 3.8) is 0 Å². The van der Waals surface area contributed by atoms with Gasteiger partial charge in [0.15, 0.2) is 0 Å². The number of hydrogen-bond donors (Lipinski definition) is 0. The molecule has 1 unspecified atom stereocenters. The van der Waals surface area contributed by atoms with Crippen molar-refractivity contribution in [2.45, 2.75) is 19.4 Å². The van der Waals surface area contributed by atoms with E-state index < -0.39 is 0 Å². The molecule has 1 heterocycles. The highest BCUT2D eigenvalue weighted by molar-refractivity contribution is 5.31. The number of benzene rings is 1. The summed E-state index contributed by atoms with van der Waals surface area (Å²) < 4.78 is 16.3. The number of morpholine rings is 1. The zero-order valence-electron chi connectivity index (χ0n) is 11.8. The van der Waals surface area contributed by atoms with Gasteiger partial charge >= 0.3 is 0 Å². The quantitative estimate of drug-likeness (QED) is 0.738. The molecule has 0 aliphatic carbocycles. The molecule has 1 atom stereocenters. The molecule has 1 aromatic rings. The molecule has 4 heteroatoms. The summed E-state index contributed by atoms with van der Waals surface area (Å²) in [6.07, 6.45) is 1.40. The van der Waals surface area contributed by atoms with Gasteiger partial charge in [-0.3, -0.25) is 4.90 Å². The minimum absolute atomic E-state index is 0.358. The van der Waals surface area contributed by atoms with Crippen molar-refractivity contribution in [3.05, 3.63) is 24.3 Å². The second kappa shape index (κ2) is 7.36. The second-order valence-electron chi connectivity index (χ2n) is 4.86. The zero-order valence-corrected chi connectivity index (χ0v) is 11.8. The van der Waals surface area contributed by atoms with E-state index in [-0.39, 0.29) is 0 Å². The summed E-state index contributed by atoms with van der Waals surface area (Å²) in [6, 6.07) is 7.71. The molecule has 1 fully saturated rings. The average molecular weight is 265 g/mol. The highest BCUT2D eigenvalue weighted by Gasteiger charge is 2.15. The minimum Gasteiger partial charge on any atom is -0.497 e. The lowest BCUT2D eigenvalue weighted by atomic mass is 10.3. The van der Waals surface area contributed by atoms with E-state index in [0.717, 1.165) is 50.8 Å². The molecule has 1 aliphatic rings. The van der Waals surface area contributed by atoms with Crippen LogP contribution in [0.15, 0.2) is 24.3 Å². The molecule has 4 nitrogen and oxygen atoms in total. The number of hydrogen-bond acceptors (Lipinski definition) is 4. The van der Waals surface area contributed by atoms with Gasteiger partial charge in [-0.25, -0.2) is 0 Å². The minimum atomic E-state index is 0.358. The maximum atomic E-state index is 5.71. The lowest BCUT2D eigenvalue weighted by Crippen LogP contribution is -2.41. The topological polar surface area (TPSA) is 30.9 Å². The van der Waals surface area contributed by atoms with Gasteiger partial charge in [0.2, 0.25) is 0 Å². The van der Waals surface area contributed by atoms with Gasteiger partial charge in [-0.2, -0.15) is 0 Å². The lowest BCUT2D eigenvalue weighted by Gasteiger charge is -2.30. The third-order valence-corrected chi connectivity index (χ3v) is 3.27. The van der Waals surface area contributed by atoms with Gasteiger partial charge in [0.1, 0.15) is 11.5 Å². The molecular formula is C15H23NO3. The first-order valence-corrected chi connectivity index (χ1v) is 6.89. The molecule has 0 saturated carbocycles. The molecule has 0 spiro atoms. The fraction of sp³-hybridized carbons (Fsp3) is 0.600. The molecule has 1 saturated heterocycles. The van der Waals surface area contributed by atoms with Crippen LogP contribution < -0.4 is 9.47 Å². The van der Waals surface area contributed by atoms with E-state index in [1.165, 1.54) is 0 Å². The van der Waals surface area contributed by atoms with E-state index >= 15 is 0 Å². The van der Waals surface area contributed by atoms with Gasteiger partial charge in [0, 0.05) is 19.6 Å². The molecule has 2 rings (SSSR count). The predicted molar refractivity (Wildman–Crippen MR) is 75.0 cm³/mol. The summed E-state index contributed by atoms with van der Waals surface area (Å²) >= 11 is 0. The van der Waals surface area contributed by atoms with Crippen molar-refractivity contribution in [3.8, 4) is 11.5 Å². The van der Waals surface area contributed by atoms with Gasteiger partial charge in [-0.1, -0.05) is 0 Å². The third-order valence-electron chi connectivity index (χ3n) is 3.27. The fourth-order valence-electron chi connectivity index (χ4n) is 2.24. The van der Waals surface area contributed by atoms with E-state index in [9.17, 15) is 0 Å². The third kappa shape index (κ3) is 4.73. The van der Waals surface area contributed by atoms with Gasteiger partial charge in [0.25, 0.3) is 0 Å². The summed E-state index contributed by atoms with van der Waals surface area (Å²) in [6.45, 7) is 6.86. The van der Waals surface area contributed by atoms with E-state index in [1.54, 1.807) is 7.11 Å². The molecule has 0 aromatic heterocycles. The molecule has 0 N–H and O–H groups in total. The first-order chi connectivity index (χ1) is 9.28. The van der Waals surface area contributed by atoms with Crippen LogP contribution in [0.3, 0.4) is 0 Å². The van der Waals surface area contributed by atoms with Crippen molar-refractivity contribution in [2.75, 3.05) is 40.0 Å². The summed E-state index contributed by atoms with van der Waals surface area (Å²) in [5.41, 5.74) is 0. The fourth-order valence-corrected chi connectivity index (χ4v) is 2.24. The Labute approximate surface area is 115 Å². The summed E-state index contributed by atoms with van der Waals surface area (Å²) in [5.74, 6) is 1.76. The van der Waals surface area contributed by atoms with Crippen LogP contribution in [0, 0.1) is 0 Å². The summed E-state index contributed by atoms with van der Waals surface area (Å²) in [7, 11) is 1.67. The Hall–Kier alpha value is -1.26. The smallest absolute Gasteiger partial charge is 0.119 e. The van der Waals surface area contributed by atoms with Crippen LogP contribution in [-0.2, 0) is 4.74 Å². The maximum Gasteiger partial charge on any atom is 0.119 e. The van der Waals surface area contributed by atoms with Crippen molar-refractivity contribution < 1.29 is 14.2 Å². The van der Waals surface area contributed by atoms with E-state index in [0.29, 0.717) is 6.10 Å².